The van der Waals surface area contributed by atoms with Crippen molar-refractivity contribution in [1.29, 1.82) is 0 Å². The third-order valence-electron chi connectivity index (χ3n) is 2.79. The third kappa shape index (κ3) is 11.5. The number of carbonyl (C=O) groups is 2. The molecular formula is C15H26O4. The van der Waals surface area contributed by atoms with Crippen LogP contribution in [-0.2, 0) is 19.4 Å². The Balaban J connectivity index is 3.34. The Morgan fingerprint density at radius 1 is 0.895 bits per heavy atom. The van der Waals surface area contributed by atoms with Gasteiger partial charge in [-0.1, -0.05) is 58.4 Å². The molecule has 0 unspecified atom stereocenters. The van der Waals surface area contributed by atoms with Crippen LogP contribution >= 0.6 is 0 Å². The Morgan fingerprint density at radius 3 is 1.95 bits per heavy atom. The van der Waals surface area contributed by atoms with Gasteiger partial charge in [0.15, 0.2) is 0 Å². The Bertz CT molecular complexity index is 284. The standard InChI is InChI=1S/C15H26O4/c1-4-5-6-7-8-9-10-11-12-14(16)18-19-15(17)13(2)3/h2,4-12H2,1,3H3. The highest BCUT2D eigenvalue weighted by Gasteiger charge is 2.09. The minimum atomic E-state index is -0.704. The summed E-state index contributed by atoms with van der Waals surface area (Å²) in [5.41, 5.74) is 0.208. The van der Waals surface area contributed by atoms with Crippen LogP contribution in [0.25, 0.3) is 0 Å². The molecule has 4 heteroatoms. The van der Waals surface area contributed by atoms with Crippen molar-refractivity contribution in [3.05, 3.63) is 12.2 Å². The molecule has 0 aliphatic carbocycles. The maximum atomic E-state index is 11.2. The van der Waals surface area contributed by atoms with Crippen LogP contribution in [0.4, 0.5) is 0 Å². The summed E-state index contributed by atoms with van der Waals surface area (Å²) >= 11 is 0. The molecule has 0 bridgehead atoms. The van der Waals surface area contributed by atoms with Gasteiger partial charge in [0.25, 0.3) is 0 Å². The fourth-order valence-corrected chi connectivity index (χ4v) is 1.60. The van der Waals surface area contributed by atoms with E-state index in [-0.39, 0.29) is 5.57 Å². The van der Waals surface area contributed by atoms with Crippen molar-refractivity contribution in [3.63, 3.8) is 0 Å². The molecule has 0 fully saturated rings. The lowest BCUT2D eigenvalue weighted by atomic mass is 10.1. The molecule has 0 radical (unpaired) electrons. The van der Waals surface area contributed by atoms with Crippen LogP contribution in [0.5, 0.6) is 0 Å². The van der Waals surface area contributed by atoms with E-state index in [1.165, 1.54) is 39.0 Å². The second kappa shape index (κ2) is 11.8. The largest absolute Gasteiger partial charge is 0.381 e. The van der Waals surface area contributed by atoms with Crippen LogP contribution in [0.3, 0.4) is 0 Å². The summed E-state index contributed by atoms with van der Waals surface area (Å²) in [6.07, 6.45) is 9.58. The zero-order valence-corrected chi connectivity index (χ0v) is 12.2. The molecule has 0 rings (SSSR count). The minimum Gasteiger partial charge on any atom is -0.247 e. The topological polar surface area (TPSA) is 52.6 Å². The highest BCUT2D eigenvalue weighted by molar-refractivity contribution is 5.87. The average molecular weight is 270 g/mol. The van der Waals surface area contributed by atoms with Crippen LogP contribution in [0.15, 0.2) is 12.2 Å². The van der Waals surface area contributed by atoms with Gasteiger partial charge < -0.3 is 0 Å². The highest BCUT2D eigenvalue weighted by atomic mass is 17.2. The smallest absolute Gasteiger partial charge is 0.247 e. The third-order valence-corrected chi connectivity index (χ3v) is 2.79. The van der Waals surface area contributed by atoms with Gasteiger partial charge in [-0.2, -0.15) is 0 Å². The molecule has 0 saturated heterocycles. The Labute approximate surface area is 116 Å². The van der Waals surface area contributed by atoms with E-state index in [2.05, 4.69) is 23.3 Å². The van der Waals surface area contributed by atoms with Crippen LogP contribution in [0, 0.1) is 0 Å². The second-order valence-corrected chi connectivity index (χ2v) is 4.83. The van der Waals surface area contributed by atoms with Gasteiger partial charge in [0, 0.05) is 5.57 Å². The van der Waals surface area contributed by atoms with Crippen LogP contribution in [-0.4, -0.2) is 11.9 Å². The molecule has 0 aliphatic rings. The molecule has 0 spiro atoms. The van der Waals surface area contributed by atoms with Gasteiger partial charge in [0.2, 0.25) is 0 Å². The van der Waals surface area contributed by atoms with E-state index in [0.717, 1.165) is 19.3 Å². The summed E-state index contributed by atoms with van der Waals surface area (Å²) < 4.78 is 0. The summed E-state index contributed by atoms with van der Waals surface area (Å²) in [5, 5.41) is 0. The predicted molar refractivity (Wildman–Crippen MR) is 74.2 cm³/mol. The number of carbonyl (C=O) groups excluding carboxylic acids is 2. The first kappa shape index (κ1) is 17.7. The summed E-state index contributed by atoms with van der Waals surface area (Å²) in [6, 6.07) is 0. The van der Waals surface area contributed by atoms with E-state index in [9.17, 15) is 9.59 Å². The average Bonchev–Trinajstić information content (AvgIpc) is 2.38. The van der Waals surface area contributed by atoms with Crippen LogP contribution < -0.4 is 0 Å². The van der Waals surface area contributed by atoms with Gasteiger partial charge in [0.05, 0.1) is 6.42 Å². The lowest BCUT2D eigenvalue weighted by Gasteiger charge is -2.03. The predicted octanol–water partition coefficient (Wildman–Crippen LogP) is 4.09. The summed E-state index contributed by atoms with van der Waals surface area (Å²) in [7, 11) is 0. The first-order chi connectivity index (χ1) is 9.07. The van der Waals surface area contributed by atoms with E-state index in [4.69, 9.17) is 0 Å². The summed E-state index contributed by atoms with van der Waals surface area (Å²) in [4.78, 5) is 30.8. The first-order valence-electron chi connectivity index (χ1n) is 7.15. The molecule has 0 saturated carbocycles. The number of hydrogen-bond acceptors (Lipinski definition) is 4. The Hall–Kier alpha value is -1.32. The summed E-state index contributed by atoms with van der Waals surface area (Å²) in [5.74, 6) is -1.20. The maximum absolute atomic E-state index is 11.2. The second-order valence-electron chi connectivity index (χ2n) is 4.83. The van der Waals surface area contributed by atoms with Crippen molar-refractivity contribution < 1.29 is 19.4 Å². The molecule has 110 valence electrons. The molecule has 0 N–H and O–H groups in total. The van der Waals surface area contributed by atoms with Crippen molar-refractivity contribution in [2.75, 3.05) is 0 Å². The van der Waals surface area contributed by atoms with E-state index < -0.39 is 11.9 Å². The van der Waals surface area contributed by atoms with E-state index in [1.807, 2.05) is 0 Å². The number of hydrogen-bond donors (Lipinski definition) is 0. The van der Waals surface area contributed by atoms with E-state index in [0.29, 0.717) is 6.42 Å². The number of rotatable bonds is 10. The first-order valence-corrected chi connectivity index (χ1v) is 7.15. The lowest BCUT2D eigenvalue weighted by molar-refractivity contribution is -0.255. The van der Waals surface area contributed by atoms with Crippen molar-refractivity contribution in [2.24, 2.45) is 0 Å². The Morgan fingerprint density at radius 2 is 1.42 bits per heavy atom. The van der Waals surface area contributed by atoms with E-state index >= 15 is 0 Å². The molecule has 0 aromatic heterocycles. The zero-order chi connectivity index (χ0) is 14.5. The minimum absolute atomic E-state index is 0.208. The van der Waals surface area contributed by atoms with Gasteiger partial charge in [-0.15, -0.1) is 0 Å². The summed E-state index contributed by atoms with van der Waals surface area (Å²) in [6.45, 7) is 7.08. The fraction of sp³-hybridized carbons (Fsp3) is 0.733. The van der Waals surface area contributed by atoms with Gasteiger partial charge >= 0.3 is 11.9 Å². The van der Waals surface area contributed by atoms with Gasteiger partial charge in [-0.3, -0.25) is 0 Å². The molecule has 4 nitrogen and oxygen atoms in total. The van der Waals surface area contributed by atoms with E-state index in [1.54, 1.807) is 0 Å². The normalized spacial score (nSPS) is 10.0. The molecule has 0 heterocycles. The highest BCUT2D eigenvalue weighted by Crippen LogP contribution is 2.10. The quantitative estimate of drug-likeness (QED) is 0.259. The molecule has 0 atom stereocenters. The van der Waals surface area contributed by atoms with Gasteiger partial charge in [-0.05, 0) is 13.3 Å². The van der Waals surface area contributed by atoms with Crippen LogP contribution in [0.1, 0.15) is 71.6 Å². The maximum Gasteiger partial charge on any atom is 0.381 e. The van der Waals surface area contributed by atoms with Crippen molar-refractivity contribution >= 4 is 11.9 Å². The van der Waals surface area contributed by atoms with Gasteiger partial charge in [0.1, 0.15) is 0 Å². The van der Waals surface area contributed by atoms with Gasteiger partial charge in [-0.25, -0.2) is 19.4 Å². The molecule has 19 heavy (non-hydrogen) atoms. The van der Waals surface area contributed by atoms with Crippen LogP contribution in [0.2, 0.25) is 0 Å². The van der Waals surface area contributed by atoms with Crippen molar-refractivity contribution in [1.82, 2.24) is 0 Å². The molecule has 0 aromatic rings. The zero-order valence-electron chi connectivity index (χ0n) is 12.2. The lowest BCUT2D eigenvalue weighted by Crippen LogP contribution is -2.11. The molecule has 0 aromatic carbocycles. The van der Waals surface area contributed by atoms with Crippen molar-refractivity contribution in [2.45, 2.75) is 71.6 Å². The Kier molecular flexibility index (Phi) is 10.9. The van der Waals surface area contributed by atoms with Crippen molar-refractivity contribution in [3.8, 4) is 0 Å². The molecule has 0 amide bonds. The monoisotopic (exact) mass is 270 g/mol. The molecular weight excluding hydrogens is 244 g/mol. The fourth-order valence-electron chi connectivity index (χ4n) is 1.60. The number of unbranched alkanes of at least 4 members (excludes halogenated alkanes) is 7. The SMILES string of the molecule is C=C(C)C(=O)OOC(=O)CCCCCCCCCC. The molecule has 0 aliphatic heterocycles.